The number of benzene rings is 1. The van der Waals surface area contributed by atoms with Crippen LogP contribution >= 0.6 is 11.6 Å². The fourth-order valence-corrected chi connectivity index (χ4v) is 1.02. The van der Waals surface area contributed by atoms with Gasteiger partial charge in [-0.2, -0.15) is 5.26 Å². The van der Waals surface area contributed by atoms with E-state index in [4.69, 9.17) is 22.0 Å². The molecular weight excluding hydrogens is 193 g/mol. The normalized spacial score (nSPS) is 14.6. The summed E-state index contributed by atoms with van der Waals surface area (Å²) in [6.07, 6.45) is -3.30. The molecule has 0 amide bonds. The summed E-state index contributed by atoms with van der Waals surface area (Å²) in [6, 6.07) is 7.32. The molecule has 1 aromatic carbocycles. The molecule has 68 valence electrons. The molecule has 0 radical (unpaired) electrons. The highest BCUT2D eigenvalue weighted by Crippen LogP contribution is 2.22. The van der Waals surface area contributed by atoms with Crippen molar-refractivity contribution in [2.75, 3.05) is 0 Å². The first kappa shape index (κ1) is 9.97. The average molecular weight is 200 g/mol. The van der Waals surface area contributed by atoms with E-state index in [9.17, 15) is 4.39 Å². The molecule has 0 fully saturated rings. The van der Waals surface area contributed by atoms with Crippen LogP contribution in [-0.4, -0.2) is 11.2 Å². The van der Waals surface area contributed by atoms with Gasteiger partial charge in [-0.1, -0.05) is 23.7 Å². The molecule has 0 unspecified atom stereocenters. The highest BCUT2D eigenvalue weighted by Gasteiger charge is 2.19. The Morgan fingerprint density at radius 2 is 1.92 bits per heavy atom. The quantitative estimate of drug-likeness (QED) is 0.743. The van der Waals surface area contributed by atoms with Crippen LogP contribution in [0.5, 0.6) is 0 Å². The van der Waals surface area contributed by atoms with Gasteiger partial charge in [-0.3, -0.25) is 0 Å². The van der Waals surface area contributed by atoms with Gasteiger partial charge in [0.25, 0.3) is 0 Å². The lowest BCUT2D eigenvalue weighted by Gasteiger charge is -2.08. The SMILES string of the molecule is N#C[C@@H](O)[C@@H](F)c1ccc(Cl)cc1. The lowest BCUT2D eigenvalue weighted by atomic mass is 10.1. The topological polar surface area (TPSA) is 44.0 Å². The minimum Gasteiger partial charge on any atom is -0.375 e. The molecule has 0 aliphatic carbocycles. The first-order valence-electron chi connectivity index (χ1n) is 3.62. The molecule has 1 rings (SSSR count). The van der Waals surface area contributed by atoms with E-state index in [1.54, 1.807) is 0 Å². The Kier molecular flexibility index (Phi) is 3.24. The van der Waals surface area contributed by atoms with Crippen molar-refractivity contribution in [1.29, 1.82) is 5.26 Å². The van der Waals surface area contributed by atoms with Crippen LogP contribution in [0.2, 0.25) is 5.02 Å². The van der Waals surface area contributed by atoms with Crippen LogP contribution in [0.15, 0.2) is 24.3 Å². The summed E-state index contributed by atoms with van der Waals surface area (Å²) in [5.41, 5.74) is 0.249. The maximum Gasteiger partial charge on any atom is 0.175 e. The van der Waals surface area contributed by atoms with Gasteiger partial charge in [-0.25, -0.2) is 4.39 Å². The molecule has 0 spiro atoms. The van der Waals surface area contributed by atoms with Gasteiger partial charge in [0.2, 0.25) is 0 Å². The number of rotatable bonds is 2. The van der Waals surface area contributed by atoms with Crippen LogP contribution in [0.25, 0.3) is 0 Å². The first-order chi connectivity index (χ1) is 6.15. The predicted octanol–water partition coefficient (Wildman–Crippen LogP) is 2.24. The zero-order chi connectivity index (χ0) is 9.84. The fraction of sp³-hybridized carbons (Fsp3) is 0.222. The van der Waals surface area contributed by atoms with Crippen molar-refractivity contribution < 1.29 is 9.50 Å². The molecular formula is C9H7ClFNO. The smallest absolute Gasteiger partial charge is 0.175 e. The number of aliphatic hydroxyl groups is 1. The lowest BCUT2D eigenvalue weighted by molar-refractivity contribution is 0.122. The standard InChI is InChI=1S/C9H7ClFNO/c10-7-3-1-6(2-4-7)9(11)8(13)5-12/h1-4,8-9,13H/t8-,9+/m1/s1. The van der Waals surface area contributed by atoms with Gasteiger partial charge in [0.05, 0.1) is 6.07 Å². The van der Waals surface area contributed by atoms with Gasteiger partial charge in [-0.15, -0.1) is 0 Å². The highest BCUT2D eigenvalue weighted by atomic mass is 35.5. The van der Waals surface area contributed by atoms with Gasteiger partial charge < -0.3 is 5.11 Å². The molecule has 0 aromatic heterocycles. The van der Waals surface area contributed by atoms with E-state index in [1.807, 2.05) is 0 Å². The largest absolute Gasteiger partial charge is 0.375 e. The van der Waals surface area contributed by atoms with Gasteiger partial charge in [0.1, 0.15) is 0 Å². The van der Waals surface area contributed by atoms with Crippen molar-refractivity contribution in [1.82, 2.24) is 0 Å². The maximum atomic E-state index is 13.1. The van der Waals surface area contributed by atoms with Gasteiger partial charge >= 0.3 is 0 Å². The molecule has 0 aliphatic rings. The minimum atomic E-state index is -1.68. The summed E-state index contributed by atoms with van der Waals surface area (Å²) in [6.45, 7) is 0. The molecule has 13 heavy (non-hydrogen) atoms. The summed E-state index contributed by atoms with van der Waals surface area (Å²) in [7, 11) is 0. The molecule has 2 nitrogen and oxygen atoms in total. The first-order valence-corrected chi connectivity index (χ1v) is 4.00. The summed E-state index contributed by atoms with van der Waals surface area (Å²) in [5, 5.41) is 17.6. The van der Waals surface area contributed by atoms with Crippen molar-refractivity contribution in [2.45, 2.75) is 12.3 Å². The number of nitrogens with zero attached hydrogens (tertiary/aromatic N) is 1. The molecule has 0 bridgehead atoms. The second-order valence-corrected chi connectivity index (χ2v) is 2.96. The third-order valence-electron chi connectivity index (χ3n) is 1.60. The van der Waals surface area contributed by atoms with Crippen molar-refractivity contribution in [2.24, 2.45) is 0 Å². The van der Waals surface area contributed by atoms with Crippen molar-refractivity contribution in [3.63, 3.8) is 0 Å². The molecule has 0 saturated carbocycles. The van der Waals surface area contributed by atoms with Crippen LogP contribution in [0, 0.1) is 11.3 Å². The predicted molar refractivity (Wildman–Crippen MR) is 46.9 cm³/mol. The monoisotopic (exact) mass is 199 g/mol. The zero-order valence-electron chi connectivity index (χ0n) is 6.61. The number of hydrogen-bond donors (Lipinski definition) is 1. The summed E-state index contributed by atoms with van der Waals surface area (Å²) in [5.74, 6) is 0. The number of nitriles is 1. The van der Waals surface area contributed by atoms with Crippen molar-refractivity contribution >= 4 is 11.6 Å². The minimum absolute atomic E-state index is 0.249. The van der Waals surface area contributed by atoms with E-state index in [0.717, 1.165) is 0 Å². The molecule has 1 N–H and O–H groups in total. The summed E-state index contributed by atoms with van der Waals surface area (Å²) < 4.78 is 13.1. The number of alkyl halides is 1. The Morgan fingerprint density at radius 1 is 1.38 bits per heavy atom. The highest BCUT2D eigenvalue weighted by molar-refractivity contribution is 6.30. The van der Waals surface area contributed by atoms with E-state index >= 15 is 0 Å². The third kappa shape index (κ3) is 2.41. The van der Waals surface area contributed by atoms with E-state index < -0.39 is 12.3 Å². The molecule has 0 saturated heterocycles. The Morgan fingerprint density at radius 3 is 2.38 bits per heavy atom. The van der Waals surface area contributed by atoms with E-state index in [-0.39, 0.29) is 5.56 Å². The van der Waals surface area contributed by atoms with E-state index in [1.165, 1.54) is 30.3 Å². The van der Waals surface area contributed by atoms with Gasteiger partial charge in [0, 0.05) is 5.02 Å². The van der Waals surface area contributed by atoms with Crippen LogP contribution < -0.4 is 0 Å². The Hall–Kier alpha value is -1.11. The average Bonchev–Trinajstić information content (AvgIpc) is 2.17. The summed E-state index contributed by atoms with van der Waals surface area (Å²) in [4.78, 5) is 0. The second kappa shape index (κ2) is 4.22. The van der Waals surface area contributed by atoms with Gasteiger partial charge in [-0.05, 0) is 17.7 Å². The maximum absolute atomic E-state index is 13.1. The zero-order valence-corrected chi connectivity index (χ0v) is 7.37. The molecule has 2 atom stereocenters. The fourth-order valence-electron chi connectivity index (χ4n) is 0.894. The molecule has 0 aliphatic heterocycles. The Labute approximate surface area is 80.2 Å². The van der Waals surface area contributed by atoms with Gasteiger partial charge in [0.15, 0.2) is 12.3 Å². The molecule has 0 heterocycles. The Balaban J connectivity index is 2.84. The Bertz CT molecular complexity index is 319. The van der Waals surface area contributed by atoms with Crippen LogP contribution in [0.4, 0.5) is 4.39 Å². The van der Waals surface area contributed by atoms with Crippen LogP contribution in [0.3, 0.4) is 0 Å². The number of halogens is 2. The van der Waals surface area contributed by atoms with Crippen molar-refractivity contribution in [3.05, 3.63) is 34.9 Å². The summed E-state index contributed by atoms with van der Waals surface area (Å²) >= 11 is 5.58. The molecule has 4 heteroatoms. The molecule has 1 aromatic rings. The lowest BCUT2D eigenvalue weighted by Crippen LogP contribution is -2.11. The van der Waals surface area contributed by atoms with E-state index in [2.05, 4.69) is 0 Å². The van der Waals surface area contributed by atoms with Crippen molar-refractivity contribution in [3.8, 4) is 6.07 Å². The van der Waals surface area contributed by atoms with Crippen LogP contribution in [-0.2, 0) is 0 Å². The number of hydrogen-bond acceptors (Lipinski definition) is 2. The van der Waals surface area contributed by atoms with Crippen LogP contribution in [0.1, 0.15) is 11.7 Å². The third-order valence-corrected chi connectivity index (χ3v) is 1.85. The second-order valence-electron chi connectivity index (χ2n) is 2.53. The number of aliphatic hydroxyl groups excluding tert-OH is 1. The van der Waals surface area contributed by atoms with E-state index in [0.29, 0.717) is 5.02 Å².